The fourth-order valence-electron chi connectivity index (χ4n) is 0.189. The molecule has 0 spiro atoms. The minimum Gasteiger partial charge on any atom is -0.121 e. The van der Waals surface area contributed by atoms with E-state index in [4.69, 9.17) is 33.2 Å². The van der Waals surface area contributed by atoms with Gasteiger partial charge in [0.2, 0.25) is 0 Å². The molecule has 0 heterocycles. The summed E-state index contributed by atoms with van der Waals surface area (Å²) in [6, 6.07) is -2.42. The highest BCUT2D eigenvalue weighted by atomic mass is 35.8. The molecule has 0 aromatic rings. The summed E-state index contributed by atoms with van der Waals surface area (Å²) >= 11 is 16.2. The van der Waals surface area contributed by atoms with Crippen LogP contribution in [0.15, 0.2) is 11.8 Å². The van der Waals surface area contributed by atoms with Crippen LogP contribution in [0.4, 0.5) is 0 Å². The lowest BCUT2D eigenvalue weighted by Crippen LogP contribution is -2.02. The minimum absolute atomic E-state index is 1.62. The lowest BCUT2D eigenvalue weighted by atomic mass is 10.8. The molecule has 0 radical (unpaired) electrons. The molecular weight excluding hydrogens is 170 g/mol. The Labute approximate surface area is 58.2 Å². The van der Waals surface area contributed by atoms with Crippen molar-refractivity contribution in [2.24, 2.45) is 0 Å². The van der Waals surface area contributed by atoms with Crippen LogP contribution in [0.2, 0.25) is 0 Å². The predicted octanol–water partition coefficient (Wildman–Crippen LogP) is 2.76. The number of rotatable bonds is 1. The third-order valence-electron chi connectivity index (χ3n) is 0.356. The fraction of sp³-hybridized carbons (Fsp3) is 0.333. The van der Waals surface area contributed by atoms with E-state index < -0.39 is 6.00 Å². The van der Waals surface area contributed by atoms with Crippen molar-refractivity contribution in [3.05, 3.63) is 11.8 Å². The van der Waals surface area contributed by atoms with Gasteiger partial charge in [0.05, 0.1) is 0 Å². The van der Waals surface area contributed by atoms with Crippen molar-refractivity contribution >= 4 is 39.2 Å². The molecule has 0 saturated carbocycles. The van der Waals surface area contributed by atoms with Crippen molar-refractivity contribution in [3.63, 3.8) is 0 Å². The summed E-state index contributed by atoms with van der Waals surface area (Å²) in [5.74, 6) is 0. The summed E-state index contributed by atoms with van der Waals surface area (Å²) in [4.78, 5) is 0. The van der Waals surface area contributed by atoms with Gasteiger partial charge in [-0.05, 0) is 6.92 Å². The summed E-state index contributed by atoms with van der Waals surface area (Å²) in [5.41, 5.74) is 1.62. The van der Waals surface area contributed by atoms with Gasteiger partial charge in [0, 0.05) is 0 Å². The first-order valence-electron chi connectivity index (χ1n) is 1.77. The van der Waals surface area contributed by atoms with Gasteiger partial charge in [-0.3, -0.25) is 0 Å². The lowest BCUT2D eigenvalue weighted by Gasteiger charge is -1.94. The topological polar surface area (TPSA) is 0 Å². The van der Waals surface area contributed by atoms with Gasteiger partial charge in [-0.25, -0.2) is 0 Å². The first kappa shape index (κ1) is 7.83. The van der Waals surface area contributed by atoms with Crippen LogP contribution in [0.25, 0.3) is 0 Å². The molecular formula is C3H5Cl3Si. The summed E-state index contributed by atoms with van der Waals surface area (Å²) in [6.07, 6.45) is 1.75. The van der Waals surface area contributed by atoms with Gasteiger partial charge in [-0.1, -0.05) is 11.8 Å². The molecule has 0 atom stereocenters. The standard InChI is InChI=1S/C3H5Cl3Si/c1-2-3-7(4,5)6/h2-3H,1H3. The maximum absolute atomic E-state index is 5.42. The average Bonchev–Trinajstić information content (AvgIpc) is 1.30. The summed E-state index contributed by atoms with van der Waals surface area (Å²) in [5, 5.41) is 0. The average molecular weight is 176 g/mol. The molecule has 0 rings (SSSR count). The van der Waals surface area contributed by atoms with E-state index in [0.29, 0.717) is 0 Å². The molecule has 0 aliphatic heterocycles. The normalized spacial score (nSPS) is 13.1. The Morgan fingerprint density at radius 2 is 1.71 bits per heavy atom. The van der Waals surface area contributed by atoms with Crippen LogP contribution in [0.1, 0.15) is 6.92 Å². The van der Waals surface area contributed by atoms with E-state index in [9.17, 15) is 0 Å². The molecule has 42 valence electrons. The Hall–Kier alpha value is 0.827. The van der Waals surface area contributed by atoms with Crippen LogP contribution >= 0.6 is 33.2 Å². The lowest BCUT2D eigenvalue weighted by molar-refractivity contribution is 1.78. The highest BCUT2D eigenvalue weighted by Gasteiger charge is 2.18. The van der Waals surface area contributed by atoms with Gasteiger partial charge in [0.25, 0.3) is 0 Å². The molecule has 0 nitrogen and oxygen atoms in total. The Morgan fingerprint density at radius 3 is 1.71 bits per heavy atom. The van der Waals surface area contributed by atoms with Crippen LogP contribution in [0, 0.1) is 0 Å². The van der Waals surface area contributed by atoms with Gasteiger partial charge >= 0.3 is 6.00 Å². The van der Waals surface area contributed by atoms with E-state index in [1.54, 1.807) is 11.8 Å². The highest BCUT2D eigenvalue weighted by molar-refractivity contribution is 7.66. The Morgan fingerprint density at radius 1 is 1.29 bits per heavy atom. The molecule has 0 amide bonds. The van der Waals surface area contributed by atoms with Crippen LogP contribution in [0.3, 0.4) is 0 Å². The Bertz CT molecular complexity index is 72.7. The molecule has 0 unspecified atom stereocenters. The van der Waals surface area contributed by atoms with Crippen LogP contribution < -0.4 is 0 Å². The number of allylic oxidation sites excluding steroid dienone is 1. The molecule has 0 saturated heterocycles. The zero-order valence-electron chi connectivity index (χ0n) is 3.79. The second kappa shape index (κ2) is 2.97. The minimum atomic E-state index is -2.42. The number of hydrogen-bond acceptors (Lipinski definition) is 0. The number of halogens is 3. The summed E-state index contributed by atoms with van der Waals surface area (Å²) in [7, 11) is 0. The quantitative estimate of drug-likeness (QED) is 0.425. The monoisotopic (exact) mass is 174 g/mol. The smallest absolute Gasteiger partial charge is 0.121 e. The van der Waals surface area contributed by atoms with E-state index in [-0.39, 0.29) is 0 Å². The second-order valence-electron chi connectivity index (χ2n) is 1.04. The maximum Gasteiger partial charge on any atom is 0.365 e. The van der Waals surface area contributed by atoms with Crippen molar-refractivity contribution in [1.29, 1.82) is 0 Å². The maximum atomic E-state index is 5.42. The largest absolute Gasteiger partial charge is 0.365 e. The van der Waals surface area contributed by atoms with Crippen molar-refractivity contribution in [2.45, 2.75) is 6.92 Å². The zero-order valence-corrected chi connectivity index (χ0v) is 7.06. The van der Waals surface area contributed by atoms with Crippen LogP contribution in [0.5, 0.6) is 0 Å². The fourth-order valence-corrected chi connectivity index (χ4v) is 1.70. The molecule has 0 aromatic heterocycles. The third kappa shape index (κ3) is 6.83. The van der Waals surface area contributed by atoms with Gasteiger partial charge in [-0.15, -0.1) is 33.2 Å². The molecule has 0 aromatic carbocycles. The molecule has 0 bridgehead atoms. The van der Waals surface area contributed by atoms with Gasteiger partial charge in [0.15, 0.2) is 0 Å². The highest BCUT2D eigenvalue weighted by Crippen LogP contribution is 2.20. The van der Waals surface area contributed by atoms with E-state index in [1.807, 2.05) is 6.92 Å². The molecule has 0 aliphatic carbocycles. The van der Waals surface area contributed by atoms with Crippen molar-refractivity contribution in [3.8, 4) is 0 Å². The Kier molecular flexibility index (Phi) is 3.33. The van der Waals surface area contributed by atoms with E-state index in [1.165, 1.54) is 0 Å². The number of hydrogen-bond donors (Lipinski definition) is 0. The Balaban J connectivity index is 3.56. The van der Waals surface area contributed by atoms with E-state index in [2.05, 4.69) is 0 Å². The molecule has 0 fully saturated rings. The van der Waals surface area contributed by atoms with Crippen molar-refractivity contribution < 1.29 is 0 Å². The van der Waals surface area contributed by atoms with Gasteiger partial charge in [-0.2, -0.15) is 0 Å². The van der Waals surface area contributed by atoms with Crippen LogP contribution in [-0.4, -0.2) is 6.00 Å². The molecule has 7 heavy (non-hydrogen) atoms. The second-order valence-corrected chi connectivity index (χ2v) is 9.56. The molecule has 0 N–H and O–H groups in total. The molecule has 4 heteroatoms. The third-order valence-corrected chi connectivity index (χ3v) is 2.20. The molecule has 0 aliphatic rings. The van der Waals surface area contributed by atoms with Gasteiger partial charge < -0.3 is 0 Å². The van der Waals surface area contributed by atoms with Gasteiger partial charge in [0.1, 0.15) is 0 Å². The van der Waals surface area contributed by atoms with E-state index >= 15 is 0 Å². The first-order valence-corrected chi connectivity index (χ1v) is 6.88. The summed E-state index contributed by atoms with van der Waals surface area (Å²) in [6.45, 7) is 1.83. The predicted molar refractivity (Wildman–Crippen MR) is 38.1 cm³/mol. The zero-order chi connectivity index (χ0) is 5.91. The van der Waals surface area contributed by atoms with Crippen molar-refractivity contribution in [1.82, 2.24) is 0 Å². The van der Waals surface area contributed by atoms with Crippen LogP contribution in [-0.2, 0) is 0 Å². The van der Waals surface area contributed by atoms with Crippen molar-refractivity contribution in [2.75, 3.05) is 0 Å². The SMILES string of the molecule is CC=C[Si](Cl)(Cl)Cl. The summed E-state index contributed by atoms with van der Waals surface area (Å²) < 4.78 is 0. The van der Waals surface area contributed by atoms with E-state index in [0.717, 1.165) is 0 Å². The first-order chi connectivity index (χ1) is 3.06.